The van der Waals surface area contributed by atoms with Crippen LogP contribution in [0.2, 0.25) is 0 Å². The Hall–Kier alpha value is -3.91. The molecule has 0 radical (unpaired) electrons. The maximum atomic E-state index is 12.4. The third kappa shape index (κ3) is 5.52. The van der Waals surface area contributed by atoms with Gasteiger partial charge in [-0.05, 0) is 43.3 Å². The van der Waals surface area contributed by atoms with E-state index in [2.05, 4.69) is 15.5 Å². The predicted octanol–water partition coefficient (Wildman–Crippen LogP) is 4.34. The molecule has 3 aromatic carbocycles. The lowest BCUT2D eigenvalue weighted by Gasteiger charge is -2.11. The molecule has 172 valence electrons. The second-order valence-electron chi connectivity index (χ2n) is 7.56. The number of thioether (sulfide) groups is 1. The number of ketones is 1. The summed E-state index contributed by atoms with van der Waals surface area (Å²) in [5, 5.41) is 12.0. The summed E-state index contributed by atoms with van der Waals surface area (Å²) in [6, 6.07) is 24.5. The van der Waals surface area contributed by atoms with Gasteiger partial charge in [-0.3, -0.25) is 14.2 Å². The van der Waals surface area contributed by atoms with Crippen LogP contribution in [0.25, 0.3) is 17.1 Å². The van der Waals surface area contributed by atoms with Crippen LogP contribution in [0.3, 0.4) is 0 Å². The maximum Gasteiger partial charge on any atom is 0.230 e. The minimum Gasteiger partial charge on any atom is -0.497 e. The van der Waals surface area contributed by atoms with Crippen LogP contribution in [0, 0.1) is 6.92 Å². The number of carbonyl (C=O) groups excluding carboxylic acids is 2. The number of methoxy groups -OCH3 is 1. The fourth-order valence-corrected chi connectivity index (χ4v) is 4.08. The lowest BCUT2D eigenvalue weighted by atomic mass is 10.1. The molecule has 4 aromatic rings. The number of nitrogens with one attached hydrogen (secondary N) is 1. The topological polar surface area (TPSA) is 86.1 Å². The van der Waals surface area contributed by atoms with Crippen molar-refractivity contribution in [3.05, 3.63) is 90.0 Å². The zero-order valence-corrected chi connectivity index (χ0v) is 19.7. The number of amides is 1. The predicted molar refractivity (Wildman–Crippen MR) is 133 cm³/mol. The van der Waals surface area contributed by atoms with Crippen molar-refractivity contribution in [2.24, 2.45) is 0 Å². The average molecular weight is 473 g/mol. The Kier molecular flexibility index (Phi) is 7.39. The molecule has 0 saturated carbocycles. The highest BCUT2D eigenvalue weighted by Crippen LogP contribution is 2.29. The van der Waals surface area contributed by atoms with Crippen LogP contribution in [-0.4, -0.2) is 45.9 Å². The van der Waals surface area contributed by atoms with Gasteiger partial charge in [0.2, 0.25) is 5.91 Å². The summed E-state index contributed by atoms with van der Waals surface area (Å²) in [5.41, 5.74) is 3.47. The normalized spacial score (nSPS) is 10.6. The van der Waals surface area contributed by atoms with Crippen LogP contribution in [0.1, 0.15) is 15.9 Å². The quantitative estimate of drug-likeness (QED) is 0.288. The first-order valence-electron chi connectivity index (χ1n) is 10.7. The van der Waals surface area contributed by atoms with E-state index in [0.29, 0.717) is 16.5 Å². The highest BCUT2D eigenvalue weighted by atomic mass is 32.2. The summed E-state index contributed by atoms with van der Waals surface area (Å²) >= 11 is 1.27. The summed E-state index contributed by atoms with van der Waals surface area (Å²) in [6.45, 7) is 1.97. The first-order valence-corrected chi connectivity index (χ1v) is 11.7. The standard InChI is InChI=1S/C26H24N4O3S/c1-18-8-12-21(13-9-18)30-25(20-10-14-22(33-2)15-11-20)28-29-26(30)34-17-24(32)27-16-23(31)19-6-4-3-5-7-19/h3-15H,16-17H2,1-2H3,(H,27,32). The molecular weight excluding hydrogens is 448 g/mol. The van der Waals surface area contributed by atoms with Crippen LogP contribution >= 0.6 is 11.8 Å². The number of rotatable bonds is 9. The van der Waals surface area contributed by atoms with E-state index in [1.165, 1.54) is 11.8 Å². The summed E-state index contributed by atoms with van der Waals surface area (Å²) in [4.78, 5) is 24.7. The van der Waals surface area contributed by atoms with E-state index in [-0.39, 0.29) is 24.0 Å². The van der Waals surface area contributed by atoms with Crippen molar-refractivity contribution in [1.82, 2.24) is 20.1 Å². The molecule has 1 N–H and O–H groups in total. The van der Waals surface area contributed by atoms with Gasteiger partial charge in [0.15, 0.2) is 16.8 Å². The summed E-state index contributed by atoms with van der Waals surface area (Å²) in [7, 11) is 1.62. The third-order valence-electron chi connectivity index (χ3n) is 5.15. The number of carbonyl (C=O) groups is 2. The van der Waals surface area contributed by atoms with Crippen LogP contribution in [0.5, 0.6) is 5.75 Å². The van der Waals surface area contributed by atoms with Crippen molar-refractivity contribution in [3.8, 4) is 22.8 Å². The Morgan fingerprint density at radius 1 is 0.941 bits per heavy atom. The Bertz CT molecular complexity index is 1270. The fourth-order valence-electron chi connectivity index (χ4n) is 3.30. The van der Waals surface area contributed by atoms with E-state index in [0.717, 1.165) is 22.6 Å². The van der Waals surface area contributed by atoms with Crippen LogP contribution in [0.4, 0.5) is 0 Å². The third-order valence-corrected chi connectivity index (χ3v) is 6.08. The molecule has 0 unspecified atom stereocenters. The first kappa shape index (κ1) is 23.3. The molecule has 0 bridgehead atoms. The molecular formula is C26H24N4O3S. The van der Waals surface area contributed by atoms with Gasteiger partial charge in [0.05, 0.1) is 19.4 Å². The minimum atomic E-state index is -0.251. The Labute approximate surface area is 202 Å². The SMILES string of the molecule is COc1ccc(-c2nnc(SCC(=O)NCC(=O)c3ccccc3)n2-c2ccc(C)cc2)cc1. The van der Waals surface area contributed by atoms with Crippen molar-refractivity contribution in [1.29, 1.82) is 0 Å². The summed E-state index contributed by atoms with van der Waals surface area (Å²) in [6.07, 6.45) is 0. The highest BCUT2D eigenvalue weighted by molar-refractivity contribution is 7.99. The first-order chi connectivity index (χ1) is 16.5. The molecule has 0 aliphatic rings. The van der Waals surface area contributed by atoms with Gasteiger partial charge in [-0.2, -0.15) is 0 Å². The van der Waals surface area contributed by atoms with Crippen LogP contribution in [-0.2, 0) is 4.79 Å². The second kappa shape index (κ2) is 10.8. The molecule has 1 heterocycles. The molecule has 0 atom stereocenters. The molecule has 0 aliphatic heterocycles. The largest absolute Gasteiger partial charge is 0.497 e. The number of benzene rings is 3. The van der Waals surface area contributed by atoms with Gasteiger partial charge in [-0.15, -0.1) is 10.2 Å². The van der Waals surface area contributed by atoms with Gasteiger partial charge in [-0.25, -0.2) is 0 Å². The zero-order valence-electron chi connectivity index (χ0n) is 18.9. The van der Waals surface area contributed by atoms with Crippen molar-refractivity contribution in [2.45, 2.75) is 12.1 Å². The number of aryl methyl sites for hydroxylation is 1. The molecule has 4 rings (SSSR count). The van der Waals surface area contributed by atoms with Gasteiger partial charge >= 0.3 is 0 Å². The Balaban J connectivity index is 1.50. The zero-order chi connectivity index (χ0) is 23.9. The molecule has 7 nitrogen and oxygen atoms in total. The van der Waals surface area contributed by atoms with E-state index in [9.17, 15) is 9.59 Å². The van der Waals surface area contributed by atoms with Gasteiger partial charge in [-0.1, -0.05) is 59.8 Å². The lowest BCUT2D eigenvalue weighted by Crippen LogP contribution is -2.30. The fraction of sp³-hybridized carbons (Fsp3) is 0.154. The number of Topliss-reactive ketones (excluding diaryl/α,β-unsaturated/α-hetero) is 1. The highest BCUT2D eigenvalue weighted by Gasteiger charge is 2.18. The molecule has 0 spiro atoms. The monoisotopic (exact) mass is 472 g/mol. The minimum absolute atomic E-state index is 0.0504. The molecule has 8 heteroatoms. The number of ether oxygens (including phenoxy) is 1. The van der Waals surface area contributed by atoms with E-state index >= 15 is 0 Å². The van der Waals surface area contributed by atoms with Gasteiger partial charge < -0.3 is 10.1 Å². The number of hydrogen-bond acceptors (Lipinski definition) is 6. The second-order valence-corrected chi connectivity index (χ2v) is 8.50. The van der Waals surface area contributed by atoms with Crippen molar-refractivity contribution in [2.75, 3.05) is 19.4 Å². The van der Waals surface area contributed by atoms with Crippen molar-refractivity contribution >= 4 is 23.5 Å². The van der Waals surface area contributed by atoms with E-state index in [4.69, 9.17) is 4.74 Å². The average Bonchev–Trinajstić information content (AvgIpc) is 3.31. The lowest BCUT2D eigenvalue weighted by molar-refractivity contribution is -0.118. The van der Waals surface area contributed by atoms with Crippen LogP contribution < -0.4 is 10.1 Å². The number of nitrogens with zero attached hydrogens (tertiary/aromatic N) is 3. The summed E-state index contributed by atoms with van der Waals surface area (Å²) < 4.78 is 7.18. The van der Waals surface area contributed by atoms with E-state index in [1.807, 2.05) is 66.1 Å². The smallest absolute Gasteiger partial charge is 0.230 e. The molecule has 1 amide bonds. The van der Waals surface area contributed by atoms with E-state index in [1.54, 1.807) is 31.4 Å². The van der Waals surface area contributed by atoms with Gasteiger partial charge in [0.1, 0.15) is 5.75 Å². The van der Waals surface area contributed by atoms with Crippen molar-refractivity contribution in [3.63, 3.8) is 0 Å². The molecule has 0 saturated heterocycles. The van der Waals surface area contributed by atoms with E-state index < -0.39 is 0 Å². The Morgan fingerprint density at radius 3 is 2.32 bits per heavy atom. The van der Waals surface area contributed by atoms with Crippen molar-refractivity contribution < 1.29 is 14.3 Å². The Morgan fingerprint density at radius 2 is 1.65 bits per heavy atom. The number of hydrogen-bond donors (Lipinski definition) is 1. The molecule has 1 aromatic heterocycles. The summed E-state index contributed by atoms with van der Waals surface area (Å²) in [5.74, 6) is 1.13. The molecule has 0 fully saturated rings. The molecule has 0 aliphatic carbocycles. The van der Waals surface area contributed by atoms with Gasteiger partial charge in [0.25, 0.3) is 0 Å². The molecule has 34 heavy (non-hydrogen) atoms. The van der Waals surface area contributed by atoms with Crippen LogP contribution in [0.15, 0.2) is 84.0 Å². The maximum absolute atomic E-state index is 12.4. The van der Waals surface area contributed by atoms with Gasteiger partial charge in [0, 0.05) is 16.8 Å². The number of aromatic nitrogens is 3.